The predicted octanol–water partition coefficient (Wildman–Crippen LogP) is 4.57. The molecule has 2 rings (SSSR count). The van der Waals surface area contributed by atoms with Crippen LogP contribution in [0.5, 0.6) is 0 Å². The molecule has 0 aromatic heterocycles. The smallest absolute Gasteiger partial charge is 0.0701 e. The lowest BCUT2D eigenvalue weighted by atomic mass is 10.2. The summed E-state index contributed by atoms with van der Waals surface area (Å²) < 4.78 is 34.0. The van der Waals surface area contributed by atoms with E-state index in [1.54, 1.807) is 0 Å². The molecule has 0 spiro atoms. The van der Waals surface area contributed by atoms with Crippen LogP contribution in [-0.4, -0.2) is 127 Å². The molecule has 42 heavy (non-hydrogen) atoms. The van der Waals surface area contributed by atoms with Gasteiger partial charge in [-0.05, 0) is 11.1 Å². The summed E-state index contributed by atoms with van der Waals surface area (Å²) >= 11 is 11.3. The highest BCUT2D eigenvalue weighted by Crippen LogP contribution is 2.06. The van der Waals surface area contributed by atoms with Gasteiger partial charge in [-0.2, -0.15) is 0 Å². The minimum absolute atomic E-state index is 0.505. The topological polar surface area (TPSA) is 61.9 Å². The SMILES string of the molecule is ClCCOCCOCCN(CCOCCOCCN(CCOCCOCCCl)Cc1ccccc1)Cc1ccccc1. The van der Waals surface area contributed by atoms with Gasteiger partial charge in [0.1, 0.15) is 0 Å². The second-order valence-corrected chi connectivity index (χ2v) is 10.3. The molecule has 0 amide bonds. The van der Waals surface area contributed by atoms with Crippen LogP contribution in [0.3, 0.4) is 0 Å². The lowest BCUT2D eigenvalue weighted by Gasteiger charge is -2.23. The van der Waals surface area contributed by atoms with Gasteiger partial charge in [-0.15, -0.1) is 23.2 Å². The third kappa shape index (κ3) is 20.6. The van der Waals surface area contributed by atoms with Crippen molar-refractivity contribution in [3.05, 3.63) is 71.8 Å². The van der Waals surface area contributed by atoms with Crippen LogP contribution in [-0.2, 0) is 41.5 Å². The zero-order chi connectivity index (χ0) is 29.8. The first-order chi connectivity index (χ1) is 20.8. The summed E-state index contributed by atoms with van der Waals surface area (Å²) in [6, 6.07) is 20.9. The molecule has 0 N–H and O–H groups in total. The Morgan fingerprint density at radius 2 is 0.667 bits per heavy atom. The third-order valence-corrected chi connectivity index (χ3v) is 6.57. The van der Waals surface area contributed by atoms with E-state index in [4.69, 9.17) is 51.6 Å². The van der Waals surface area contributed by atoms with Gasteiger partial charge in [0.2, 0.25) is 0 Å². The van der Waals surface area contributed by atoms with Gasteiger partial charge in [0.05, 0.1) is 79.3 Å². The summed E-state index contributed by atoms with van der Waals surface area (Å²) in [4.78, 5) is 4.70. The van der Waals surface area contributed by atoms with Crippen LogP contribution in [0, 0.1) is 0 Å². The molecular weight excluding hydrogens is 579 g/mol. The molecule has 2 aromatic carbocycles. The molecular formula is C32H50Cl2N2O6. The van der Waals surface area contributed by atoms with Crippen molar-refractivity contribution in [2.75, 3.05) is 117 Å². The van der Waals surface area contributed by atoms with Crippen LogP contribution >= 0.6 is 23.2 Å². The standard InChI is InChI=1S/C32H50Cl2N2O6/c33-11-17-37-23-25-39-19-13-35(29-31-7-3-1-4-8-31)15-21-41-27-28-42-22-16-36(30-32-9-5-2-6-10-32)14-20-40-26-24-38-18-12-34/h1-10H,11-30H2. The van der Waals surface area contributed by atoms with Crippen molar-refractivity contribution in [3.63, 3.8) is 0 Å². The van der Waals surface area contributed by atoms with Crippen LogP contribution in [0.1, 0.15) is 11.1 Å². The molecule has 0 bridgehead atoms. The molecule has 0 heterocycles. The second-order valence-electron chi connectivity index (χ2n) is 9.58. The Labute approximate surface area is 263 Å². The molecule has 8 nitrogen and oxygen atoms in total. The normalized spacial score (nSPS) is 11.6. The summed E-state index contributed by atoms with van der Waals surface area (Å²) in [6.07, 6.45) is 0. The van der Waals surface area contributed by atoms with E-state index in [0.29, 0.717) is 91.0 Å². The number of hydrogen-bond donors (Lipinski definition) is 0. The van der Waals surface area contributed by atoms with Crippen LogP contribution in [0.25, 0.3) is 0 Å². The average molecular weight is 630 g/mol. The van der Waals surface area contributed by atoms with E-state index in [1.165, 1.54) is 11.1 Å². The lowest BCUT2D eigenvalue weighted by molar-refractivity contribution is 0.0154. The highest BCUT2D eigenvalue weighted by Gasteiger charge is 2.08. The zero-order valence-corrected chi connectivity index (χ0v) is 26.5. The highest BCUT2D eigenvalue weighted by atomic mass is 35.5. The number of nitrogens with zero attached hydrogens (tertiary/aromatic N) is 2. The van der Waals surface area contributed by atoms with Crippen molar-refractivity contribution in [1.29, 1.82) is 0 Å². The van der Waals surface area contributed by atoms with E-state index >= 15 is 0 Å². The molecule has 0 aliphatic rings. The van der Waals surface area contributed by atoms with E-state index < -0.39 is 0 Å². The first-order valence-corrected chi connectivity index (χ1v) is 16.0. The van der Waals surface area contributed by atoms with Crippen molar-refractivity contribution in [3.8, 4) is 0 Å². The lowest BCUT2D eigenvalue weighted by Crippen LogP contribution is -2.32. The maximum Gasteiger partial charge on any atom is 0.0701 e. The van der Waals surface area contributed by atoms with Crippen molar-refractivity contribution in [2.45, 2.75) is 13.1 Å². The Morgan fingerprint density at radius 3 is 0.952 bits per heavy atom. The summed E-state index contributed by atoms with van der Waals surface area (Å²) in [6.45, 7) is 12.1. The number of alkyl halides is 2. The summed E-state index contributed by atoms with van der Waals surface area (Å²) in [5.41, 5.74) is 2.55. The minimum Gasteiger partial charge on any atom is -0.378 e. The highest BCUT2D eigenvalue weighted by molar-refractivity contribution is 6.18. The van der Waals surface area contributed by atoms with Gasteiger partial charge in [0.25, 0.3) is 0 Å². The van der Waals surface area contributed by atoms with Gasteiger partial charge >= 0.3 is 0 Å². The average Bonchev–Trinajstić information content (AvgIpc) is 3.02. The largest absolute Gasteiger partial charge is 0.378 e. The molecule has 238 valence electrons. The molecule has 2 aromatic rings. The van der Waals surface area contributed by atoms with E-state index in [-0.39, 0.29) is 0 Å². The third-order valence-electron chi connectivity index (χ3n) is 6.26. The molecule has 0 saturated heterocycles. The molecule has 0 radical (unpaired) electrons. The van der Waals surface area contributed by atoms with Gasteiger partial charge in [-0.25, -0.2) is 0 Å². The van der Waals surface area contributed by atoms with Crippen molar-refractivity contribution >= 4 is 23.2 Å². The fraction of sp³-hybridized carbons (Fsp3) is 0.625. The number of ether oxygens (including phenoxy) is 6. The van der Waals surface area contributed by atoms with Gasteiger partial charge in [-0.3, -0.25) is 9.80 Å². The zero-order valence-electron chi connectivity index (χ0n) is 25.0. The van der Waals surface area contributed by atoms with Crippen LogP contribution in [0.2, 0.25) is 0 Å². The first kappa shape index (κ1) is 36.9. The van der Waals surface area contributed by atoms with Crippen molar-refractivity contribution in [2.24, 2.45) is 0 Å². The Bertz CT molecular complexity index is 771. The number of halogens is 2. The summed E-state index contributed by atoms with van der Waals surface area (Å²) in [5.74, 6) is 1.01. The van der Waals surface area contributed by atoms with E-state index in [9.17, 15) is 0 Å². The van der Waals surface area contributed by atoms with E-state index in [1.807, 2.05) is 12.1 Å². The van der Waals surface area contributed by atoms with Crippen molar-refractivity contribution < 1.29 is 28.4 Å². The van der Waals surface area contributed by atoms with Gasteiger partial charge in [-0.1, -0.05) is 60.7 Å². The quantitative estimate of drug-likeness (QED) is 0.0959. The molecule has 0 aliphatic carbocycles. The molecule has 0 unspecified atom stereocenters. The summed E-state index contributed by atoms with van der Waals surface area (Å²) in [5, 5.41) is 0. The van der Waals surface area contributed by atoms with Gasteiger partial charge in [0, 0.05) is 51.0 Å². The fourth-order valence-electron chi connectivity index (χ4n) is 4.07. The molecule has 0 aliphatic heterocycles. The maximum absolute atomic E-state index is 5.90. The Kier molecular flexibility index (Phi) is 23.9. The first-order valence-electron chi connectivity index (χ1n) is 14.9. The Hall–Kier alpha value is -1.30. The molecule has 0 saturated carbocycles. The van der Waals surface area contributed by atoms with Crippen molar-refractivity contribution in [1.82, 2.24) is 9.80 Å². The van der Waals surface area contributed by atoms with Gasteiger partial charge < -0.3 is 28.4 Å². The number of rotatable bonds is 29. The number of benzene rings is 2. The monoisotopic (exact) mass is 628 g/mol. The van der Waals surface area contributed by atoms with Gasteiger partial charge in [0.15, 0.2) is 0 Å². The maximum atomic E-state index is 5.90. The second kappa shape index (κ2) is 27.3. The Morgan fingerprint density at radius 1 is 0.381 bits per heavy atom. The number of hydrogen-bond acceptors (Lipinski definition) is 8. The molecule has 0 fully saturated rings. The summed E-state index contributed by atoms with van der Waals surface area (Å²) in [7, 11) is 0. The van der Waals surface area contributed by atoms with E-state index in [2.05, 4.69) is 58.3 Å². The van der Waals surface area contributed by atoms with Crippen LogP contribution < -0.4 is 0 Å². The van der Waals surface area contributed by atoms with E-state index in [0.717, 1.165) is 39.3 Å². The molecule has 0 atom stereocenters. The molecule has 10 heteroatoms. The van der Waals surface area contributed by atoms with Crippen LogP contribution in [0.4, 0.5) is 0 Å². The van der Waals surface area contributed by atoms with Crippen LogP contribution in [0.15, 0.2) is 60.7 Å². The minimum atomic E-state index is 0.505. The fourth-order valence-corrected chi connectivity index (χ4v) is 4.29. The Balaban J connectivity index is 1.61. The predicted molar refractivity (Wildman–Crippen MR) is 170 cm³/mol.